The second-order valence-electron chi connectivity index (χ2n) is 7.88. The summed E-state index contributed by atoms with van der Waals surface area (Å²) in [5.41, 5.74) is -0.0999. The summed E-state index contributed by atoms with van der Waals surface area (Å²) < 4.78 is 33.2. The Morgan fingerprint density at radius 2 is 1.77 bits per heavy atom. The van der Waals surface area contributed by atoms with Crippen LogP contribution in [0.5, 0.6) is 5.75 Å². The number of carbonyl (C=O) groups is 2. The molecule has 0 saturated carbocycles. The number of hydrogen-bond donors (Lipinski definition) is 3. The highest BCUT2D eigenvalue weighted by molar-refractivity contribution is 9.10. The maximum atomic E-state index is 13.2. The van der Waals surface area contributed by atoms with Crippen LogP contribution < -0.4 is 10.0 Å². The maximum Gasteiger partial charge on any atom is 0.343 e. The Hall–Kier alpha value is -4.27. The van der Waals surface area contributed by atoms with Gasteiger partial charge in [0.15, 0.2) is 0 Å². The van der Waals surface area contributed by atoms with E-state index in [4.69, 9.17) is 4.74 Å². The number of hydrogen-bond acceptors (Lipinski definition) is 9. The Morgan fingerprint density at radius 1 is 1.03 bits per heavy atom. The second kappa shape index (κ2) is 11.6. The van der Waals surface area contributed by atoms with Gasteiger partial charge in [0.05, 0.1) is 10.6 Å². The number of aromatic hydroxyl groups is 1. The first kappa shape index (κ1) is 27.8. The van der Waals surface area contributed by atoms with Crippen LogP contribution in [0, 0.1) is 10.1 Å². The van der Waals surface area contributed by atoms with Crippen LogP contribution in [-0.2, 0) is 19.6 Å². The van der Waals surface area contributed by atoms with Crippen molar-refractivity contribution in [1.29, 1.82) is 0 Å². The van der Waals surface area contributed by atoms with Crippen molar-refractivity contribution < 1.29 is 32.8 Å². The summed E-state index contributed by atoms with van der Waals surface area (Å²) in [6, 6.07) is 18.2. The van der Waals surface area contributed by atoms with E-state index in [9.17, 15) is 33.2 Å². The first-order chi connectivity index (χ1) is 18.5. The number of rotatable bonds is 9. The lowest BCUT2D eigenvalue weighted by atomic mass is 10.1. The number of benzene rings is 3. The number of anilines is 2. The summed E-state index contributed by atoms with van der Waals surface area (Å²) in [4.78, 5) is 36.8. The number of nitro benzene ring substituents is 1. The van der Waals surface area contributed by atoms with Crippen LogP contribution in [0.1, 0.15) is 22.0 Å². The zero-order valence-electron chi connectivity index (χ0n) is 19.6. The first-order valence-corrected chi connectivity index (χ1v) is 14.1. The van der Waals surface area contributed by atoms with Crippen molar-refractivity contribution in [2.75, 3.05) is 10.0 Å². The van der Waals surface area contributed by atoms with Crippen molar-refractivity contribution in [2.45, 2.75) is 10.3 Å². The van der Waals surface area contributed by atoms with Gasteiger partial charge in [-0.05, 0) is 51.6 Å². The molecule has 11 nitrogen and oxygen atoms in total. The van der Waals surface area contributed by atoms with Crippen LogP contribution in [-0.4, -0.2) is 30.3 Å². The van der Waals surface area contributed by atoms with E-state index in [1.54, 1.807) is 41.8 Å². The third-order valence-corrected chi connectivity index (χ3v) is 8.65. The number of esters is 1. The summed E-state index contributed by atoms with van der Waals surface area (Å²) in [6.45, 7) is 0. The maximum absolute atomic E-state index is 13.2. The van der Waals surface area contributed by atoms with E-state index in [0.717, 1.165) is 23.5 Å². The topological polar surface area (TPSA) is 165 Å². The van der Waals surface area contributed by atoms with Gasteiger partial charge in [-0.25, -0.2) is 13.2 Å². The van der Waals surface area contributed by atoms with Gasteiger partial charge in [0, 0.05) is 27.9 Å². The molecule has 0 aliphatic heterocycles. The molecule has 1 amide bonds. The summed E-state index contributed by atoms with van der Waals surface area (Å²) in [5.74, 6) is -2.38. The van der Waals surface area contributed by atoms with E-state index in [2.05, 4.69) is 26.0 Å². The number of phenolic OH excluding ortho intramolecular Hbond substituents is 1. The molecule has 0 radical (unpaired) electrons. The lowest BCUT2D eigenvalue weighted by Gasteiger charge is -2.19. The third kappa shape index (κ3) is 6.60. The number of halogens is 1. The summed E-state index contributed by atoms with van der Waals surface area (Å²) in [5, 5.41) is 25.5. The van der Waals surface area contributed by atoms with Crippen molar-refractivity contribution in [2.24, 2.45) is 0 Å². The Morgan fingerprint density at radius 3 is 2.41 bits per heavy atom. The molecule has 14 heteroatoms. The predicted octanol–water partition coefficient (Wildman–Crippen LogP) is 5.46. The second-order valence-corrected chi connectivity index (χ2v) is 11.6. The Labute approximate surface area is 234 Å². The van der Waals surface area contributed by atoms with Gasteiger partial charge in [-0.2, -0.15) is 0 Å². The van der Waals surface area contributed by atoms with Crippen molar-refractivity contribution in [3.63, 3.8) is 0 Å². The molecule has 39 heavy (non-hydrogen) atoms. The number of amides is 1. The van der Waals surface area contributed by atoms with Crippen LogP contribution in [0.2, 0.25) is 0 Å². The number of nitro groups is 1. The molecular weight excluding hydrogens is 614 g/mol. The number of phenols is 1. The number of non-ortho nitro benzene ring substituents is 1. The molecule has 0 fully saturated rings. The minimum Gasteiger partial charge on any atom is -0.507 e. The Balaban J connectivity index is 1.60. The predicted molar refractivity (Wildman–Crippen MR) is 147 cm³/mol. The molecule has 0 aliphatic rings. The zero-order chi connectivity index (χ0) is 28.2. The lowest BCUT2D eigenvalue weighted by Crippen LogP contribution is -2.26. The first-order valence-electron chi connectivity index (χ1n) is 11.0. The van der Waals surface area contributed by atoms with E-state index in [1.165, 1.54) is 30.3 Å². The molecule has 1 aromatic heterocycles. The average molecular weight is 632 g/mol. The number of carbonyl (C=O) groups excluding carboxylic acids is 2. The normalized spacial score (nSPS) is 11.8. The van der Waals surface area contributed by atoms with Crippen LogP contribution in [0.25, 0.3) is 0 Å². The summed E-state index contributed by atoms with van der Waals surface area (Å²) in [7, 11) is -3.93. The molecule has 1 heterocycles. The van der Waals surface area contributed by atoms with Gasteiger partial charge in [-0.15, -0.1) is 11.3 Å². The van der Waals surface area contributed by atoms with Gasteiger partial charge in [0.2, 0.25) is 6.10 Å². The van der Waals surface area contributed by atoms with Crippen molar-refractivity contribution >= 4 is 66.2 Å². The van der Waals surface area contributed by atoms with E-state index in [0.29, 0.717) is 5.56 Å². The van der Waals surface area contributed by atoms with Crippen molar-refractivity contribution in [1.82, 2.24) is 0 Å². The van der Waals surface area contributed by atoms with Gasteiger partial charge < -0.3 is 15.2 Å². The van der Waals surface area contributed by atoms with Gasteiger partial charge in [-0.3, -0.25) is 19.6 Å². The molecule has 4 aromatic rings. The van der Waals surface area contributed by atoms with E-state index >= 15 is 0 Å². The van der Waals surface area contributed by atoms with Gasteiger partial charge in [-0.1, -0.05) is 36.4 Å². The molecule has 3 N–H and O–H groups in total. The van der Waals surface area contributed by atoms with Crippen LogP contribution in [0.4, 0.5) is 17.1 Å². The smallest absolute Gasteiger partial charge is 0.343 e. The molecule has 0 spiro atoms. The van der Waals surface area contributed by atoms with Gasteiger partial charge >= 0.3 is 5.97 Å². The van der Waals surface area contributed by atoms with Crippen LogP contribution in [0.3, 0.4) is 0 Å². The number of nitrogens with one attached hydrogen (secondary N) is 2. The van der Waals surface area contributed by atoms with Crippen LogP contribution >= 0.6 is 27.3 Å². The number of sulfonamides is 1. The monoisotopic (exact) mass is 631 g/mol. The summed E-state index contributed by atoms with van der Waals surface area (Å²) in [6.07, 6.45) is -1.49. The average Bonchev–Trinajstić information content (AvgIpc) is 3.46. The minimum absolute atomic E-state index is 0.0105. The molecule has 4 rings (SSSR count). The molecule has 1 atom stereocenters. The Kier molecular flexibility index (Phi) is 8.28. The minimum atomic E-state index is -3.93. The highest BCUT2D eigenvalue weighted by Gasteiger charge is 2.28. The highest BCUT2D eigenvalue weighted by Crippen LogP contribution is 2.31. The molecule has 3 aromatic carbocycles. The third-order valence-electron chi connectivity index (χ3n) is 5.22. The molecule has 200 valence electrons. The summed E-state index contributed by atoms with van der Waals surface area (Å²) >= 11 is 4.18. The number of ether oxygens (including phenoxy) is 1. The van der Waals surface area contributed by atoms with E-state index < -0.39 is 38.7 Å². The number of nitrogens with zero attached hydrogens (tertiary/aromatic N) is 1. The SMILES string of the molecule is O=C(OC(C(=O)Nc1ccc([N+](=O)[O-])cc1Br)c1ccccc1)c1cc(NS(=O)(=O)c2cccs2)ccc1O. The van der Waals surface area contributed by atoms with Crippen LogP contribution in [0.15, 0.2) is 92.9 Å². The molecule has 0 saturated heterocycles. The quantitative estimate of drug-likeness (QED) is 0.0947. The molecule has 0 aliphatic carbocycles. The fraction of sp³-hybridized carbons (Fsp3) is 0.0400. The van der Waals surface area contributed by atoms with Gasteiger partial charge in [0.25, 0.3) is 21.6 Å². The largest absolute Gasteiger partial charge is 0.507 e. The highest BCUT2D eigenvalue weighted by atomic mass is 79.9. The fourth-order valence-corrected chi connectivity index (χ4v) is 5.88. The van der Waals surface area contributed by atoms with E-state index in [1.807, 2.05) is 0 Å². The standard InChI is InChI=1S/C25H18BrN3O8S2/c26-19-14-17(29(33)34)9-10-20(19)27-24(31)23(15-5-2-1-3-6-15)37-25(32)18-13-16(8-11-21(18)30)28-39(35,36)22-7-4-12-38-22/h1-14,23,28,30H,(H,27,31). The molecular formula is C25H18BrN3O8S2. The Bertz CT molecular complexity index is 1650. The van der Waals surface area contributed by atoms with E-state index in [-0.39, 0.29) is 31.3 Å². The number of thiophene rings is 1. The van der Waals surface area contributed by atoms with Crippen molar-refractivity contribution in [3.05, 3.63) is 110 Å². The zero-order valence-corrected chi connectivity index (χ0v) is 22.8. The molecule has 1 unspecified atom stereocenters. The van der Waals surface area contributed by atoms with Crippen molar-refractivity contribution in [3.8, 4) is 5.75 Å². The fourth-order valence-electron chi connectivity index (χ4n) is 3.37. The molecule has 0 bridgehead atoms. The lowest BCUT2D eigenvalue weighted by molar-refractivity contribution is -0.384. The van der Waals surface area contributed by atoms with Gasteiger partial charge in [0.1, 0.15) is 15.5 Å².